The first-order valence-corrected chi connectivity index (χ1v) is 7.45. The molecule has 1 atom stereocenters. The number of hydrogen-bond acceptors (Lipinski definition) is 6. The van der Waals surface area contributed by atoms with E-state index in [2.05, 4.69) is 10.1 Å². The summed E-state index contributed by atoms with van der Waals surface area (Å²) in [5, 5.41) is 13.5. The molecule has 0 bridgehead atoms. The predicted molar refractivity (Wildman–Crippen MR) is 70.7 cm³/mol. The van der Waals surface area contributed by atoms with Crippen LogP contribution in [0.4, 0.5) is 0 Å². The largest absolute Gasteiger partial charge is 0.481 e. The van der Waals surface area contributed by atoms with Gasteiger partial charge in [0.15, 0.2) is 0 Å². The summed E-state index contributed by atoms with van der Waals surface area (Å²) in [6, 6.07) is 0. The van der Waals surface area contributed by atoms with E-state index in [1.54, 1.807) is 0 Å². The third kappa shape index (κ3) is 3.08. The summed E-state index contributed by atoms with van der Waals surface area (Å²) in [6.07, 6.45) is 4.29. The molecule has 1 saturated heterocycles. The molecule has 1 aliphatic carbocycles. The highest BCUT2D eigenvalue weighted by Crippen LogP contribution is 2.39. The first kappa shape index (κ1) is 14.5. The van der Waals surface area contributed by atoms with E-state index in [4.69, 9.17) is 14.0 Å². The first-order valence-electron chi connectivity index (χ1n) is 7.45. The van der Waals surface area contributed by atoms with Crippen LogP contribution in [0.2, 0.25) is 0 Å². The minimum Gasteiger partial charge on any atom is -0.481 e. The molecule has 0 radical (unpaired) electrons. The SMILES string of the molecule is O=C(O)C1(Cc2nc(C3COCCO3)no2)CCCCC1. The number of ether oxygens (including phenoxy) is 2. The Kier molecular flexibility index (Phi) is 4.21. The van der Waals surface area contributed by atoms with Crippen LogP contribution in [-0.4, -0.2) is 41.0 Å². The average Bonchev–Trinajstić information content (AvgIpc) is 2.97. The molecular weight excluding hydrogens is 276 g/mol. The number of aliphatic carboxylic acids is 1. The zero-order chi connectivity index (χ0) is 14.7. The molecule has 21 heavy (non-hydrogen) atoms. The van der Waals surface area contributed by atoms with Crippen molar-refractivity contribution in [2.45, 2.75) is 44.6 Å². The monoisotopic (exact) mass is 296 g/mol. The lowest BCUT2D eigenvalue weighted by atomic mass is 9.72. The molecule has 2 aliphatic rings. The summed E-state index contributed by atoms with van der Waals surface area (Å²) in [7, 11) is 0. The Labute approximate surface area is 122 Å². The third-order valence-electron chi connectivity index (χ3n) is 4.34. The van der Waals surface area contributed by atoms with Gasteiger partial charge in [0.05, 0.1) is 25.2 Å². The fourth-order valence-electron chi connectivity index (χ4n) is 3.09. The van der Waals surface area contributed by atoms with Gasteiger partial charge in [0.2, 0.25) is 11.7 Å². The number of carboxylic acid groups (broad SMARTS) is 1. The van der Waals surface area contributed by atoms with E-state index >= 15 is 0 Å². The predicted octanol–water partition coefficient (Wildman–Crippen LogP) is 1.74. The van der Waals surface area contributed by atoms with Gasteiger partial charge in [-0.25, -0.2) is 0 Å². The standard InChI is InChI=1S/C14H20N2O5/c17-13(18)14(4-2-1-3-5-14)8-11-15-12(16-21-11)10-9-19-6-7-20-10/h10H,1-9H2,(H,17,18). The summed E-state index contributed by atoms with van der Waals surface area (Å²) in [5.74, 6) is 0.0590. The lowest BCUT2D eigenvalue weighted by molar-refractivity contribution is -0.151. The number of carbonyl (C=O) groups is 1. The molecule has 2 heterocycles. The molecule has 0 amide bonds. The van der Waals surface area contributed by atoms with Crippen LogP contribution in [0.5, 0.6) is 0 Å². The van der Waals surface area contributed by atoms with Gasteiger partial charge >= 0.3 is 5.97 Å². The van der Waals surface area contributed by atoms with Crippen molar-refractivity contribution in [1.82, 2.24) is 10.1 Å². The topological polar surface area (TPSA) is 94.7 Å². The van der Waals surface area contributed by atoms with Crippen molar-refractivity contribution in [3.05, 3.63) is 11.7 Å². The number of aromatic nitrogens is 2. The highest BCUT2D eigenvalue weighted by atomic mass is 16.6. The van der Waals surface area contributed by atoms with Crippen LogP contribution in [-0.2, 0) is 20.7 Å². The van der Waals surface area contributed by atoms with E-state index < -0.39 is 11.4 Å². The van der Waals surface area contributed by atoms with Gasteiger partial charge in [0, 0.05) is 6.42 Å². The number of carboxylic acids is 1. The molecule has 1 aromatic heterocycles. The lowest BCUT2D eigenvalue weighted by Gasteiger charge is -2.31. The zero-order valence-electron chi connectivity index (χ0n) is 11.9. The molecule has 1 aliphatic heterocycles. The molecule has 7 nitrogen and oxygen atoms in total. The Hall–Kier alpha value is -1.47. The maximum Gasteiger partial charge on any atom is 0.310 e. The van der Waals surface area contributed by atoms with Gasteiger partial charge in [-0.3, -0.25) is 4.79 Å². The Balaban J connectivity index is 1.71. The highest BCUT2D eigenvalue weighted by molar-refractivity contribution is 5.75. The molecular formula is C14H20N2O5. The quantitative estimate of drug-likeness (QED) is 0.904. The van der Waals surface area contributed by atoms with E-state index in [1.165, 1.54) is 0 Å². The fraction of sp³-hybridized carbons (Fsp3) is 0.786. The fourth-order valence-corrected chi connectivity index (χ4v) is 3.09. The van der Waals surface area contributed by atoms with E-state index in [0.29, 0.717) is 50.8 Å². The number of rotatable bonds is 4. The maximum absolute atomic E-state index is 11.7. The lowest BCUT2D eigenvalue weighted by Crippen LogP contribution is -2.35. The van der Waals surface area contributed by atoms with Gasteiger partial charge in [-0.2, -0.15) is 4.98 Å². The van der Waals surface area contributed by atoms with E-state index in [9.17, 15) is 9.90 Å². The Morgan fingerprint density at radius 1 is 1.29 bits per heavy atom. The molecule has 2 fully saturated rings. The van der Waals surface area contributed by atoms with Crippen molar-refractivity contribution in [1.29, 1.82) is 0 Å². The van der Waals surface area contributed by atoms with E-state index in [1.807, 2.05) is 0 Å². The van der Waals surface area contributed by atoms with Crippen LogP contribution in [0.1, 0.15) is 49.9 Å². The van der Waals surface area contributed by atoms with Crippen molar-refractivity contribution in [3.8, 4) is 0 Å². The first-order chi connectivity index (χ1) is 10.2. The second kappa shape index (κ2) is 6.11. The molecule has 7 heteroatoms. The normalized spacial score (nSPS) is 25.6. The van der Waals surface area contributed by atoms with Gasteiger partial charge in [0.25, 0.3) is 0 Å². The van der Waals surface area contributed by atoms with E-state index in [-0.39, 0.29) is 6.10 Å². The summed E-state index contributed by atoms with van der Waals surface area (Å²) in [5.41, 5.74) is -0.758. The molecule has 1 saturated carbocycles. The Bertz CT molecular complexity index is 489. The minimum absolute atomic E-state index is 0.295. The van der Waals surface area contributed by atoms with Crippen molar-refractivity contribution in [3.63, 3.8) is 0 Å². The van der Waals surface area contributed by atoms with Crippen molar-refractivity contribution in [2.24, 2.45) is 5.41 Å². The van der Waals surface area contributed by atoms with Crippen molar-refractivity contribution in [2.75, 3.05) is 19.8 Å². The maximum atomic E-state index is 11.7. The second-order valence-electron chi connectivity index (χ2n) is 5.80. The summed E-state index contributed by atoms with van der Waals surface area (Å²) in [4.78, 5) is 16.0. The number of nitrogens with zero attached hydrogens (tertiary/aromatic N) is 2. The van der Waals surface area contributed by atoms with Crippen molar-refractivity contribution < 1.29 is 23.9 Å². The molecule has 0 aromatic carbocycles. The van der Waals surface area contributed by atoms with Gasteiger partial charge in [-0.1, -0.05) is 24.4 Å². The molecule has 116 valence electrons. The molecule has 1 aromatic rings. The van der Waals surface area contributed by atoms with E-state index in [0.717, 1.165) is 19.3 Å². The molecule has 3 rings (SSSR count). The van der Waals surface area contributed by atoms with Crippen molar-refractivity contribution >= 4 is 5.97 Å². The summed E-state index contributed by atoms with van der Waals surface area (Å²) < 4.78 is 16.1. The average molecular weight is 296 g/mol. The zero-order valence-corrected chi connectivity index (χ0v) is 11.9. The van der Waals surface area contributed by atoms with Crippen LogP contribution < -0.4 is 0 Å². The van der Waals surface area contributed by atoms with Gasteiger partial charge in [0.1, 0.15) is 6.10 Å². The minimum atomic E-state index is -0.765. The second-order valence-corrected chi connectivity index (χ2v) is 5.80. The molecule has 1 N–H and O–H groups in total. The summed E-state index contributed by atoms with van der Waals surface area (Å²) >= 11 is 0. The van der Waals surface area contributed by atoms with Crippen LogP contribution in [0.15, 0.2) is 4.52 Å². The highest BCUT2D eigenvalue weighted by Gasteiger charge is 2.41. The molecule has 0 spiro atoms. The van der Waals surface area contributed by atoms with Crippen LogP contribution >= 0.6 is 0 Å². The third-order valence-corrected chi connectivity index (χ3v) is 4.34. The van der Waals surface area contributed by atoms with Gasteiger partial charge < -0.3 is 19.1 Å². The summed E-state index contributed by atoms with van der Waals surface area (Å²) in [6.45, 7) is 1.49. The molecule has 1 unspecified atom stereocenters. The number of hydrogen-bond donors (Lipinski definition) is 1. The van der Waals surface area contributed by atoms with Crippen LogP contribution in [0.25, 0.3) is 0 Å². The smallest absolute Gasteiger partial charge is 0.310 e. The van der Waals surface area contributed by atoms with Crippen LogP contribution in [0.3, 0.4) is 0 Å². The van der Waals surface area contributed by atoms with Crippen LogP contribution in [0, 0.1) is 5.41 Å². The Morgan fingerprint density at radius 3 is 2.76 bits per heavy atom. The Morgan fingerprint density at radius 2 is 2.10 bits per heavy atom. The van der Waals surface area contributed by atoms with Gasteiger partial charge in [-0.05, 0) is 12.8 Å². The van der Waals surface area contributed by atoms with Gasteiger partial charge in [-0.15, -0.1) is 0 Å².